The number of carboxylic acid groups (broad SMARTS) is 1. The molecule has 0 spiro atoms. The molecule has 1 aliphatic carbocycles. The molecule has 1 fully saturated rings. The highest BCUT2D eigenvalue weighted by atomic mass is 16.4. The standard InChI is InChI=1S/C9H13N3O2/c1-12-5-2-6(11-12)9(3-4-9)7(10)8(13)14/h2,5,7H,3-4,10H2,1H3,(H,13,14). The van der Waals surface area contributed by atoms with E-state index in [2.05, 4.69) is 5.10 Å². The molecule has 1 aromatic rings. The van der Waals surface area contributed by atoms with E-state index in [0.29, 0.717) is 0 Å². The number of aliphatic carboxylic acids is 1. The summed E-state index contributed by atoms with van der Waals surface area (Å²) in [6.07, 6.45) is 3.44. The van der Waals surface area contributed by atoms with Crippen LogP contribution in [0.2, 0.25) is 0 Å². The fourth-order valence-electron chi connectivity index (χ4n) is 1.78. The Bertz CT molecular complexity index is 368. The van der Waals surface area contributed by atoms with E-state index >= 15 is 0 Å². The topological polar surface area (TPSA) is 81.1 Å². The number of nitrogens with two attached hydrogens (primary N) is 1. The van der Waals surface area contributed by atoms with E-state index < -0.39 is 17.4 Å². The number of rotatable bonds is 3. The molecule has 0 aliphatic heterocycles. The fraction of sp³-hybridized carbons (Fsp3) is 0.556. The molecule has 5 nitrogen and oxygen atoms in total. The monoisotopic (exact) mass is 195 g/mol. The van der Waals surface area contributed by atoms with Gasteiger partial charge in [0.2, 0.25) is 0 Å². The summed E-state index contributed by atoms with van der Waals surface area (Å²) in [4.78, 5) is 10.8. The van der Waals surface area contributed by atoms with Crippen LogP contribution in [0.15, 0.2) is 12.3 Å². The molecule has 0 aromatic carbocycles. The van der Waals surface area contributed by atoms with E-state index in [1.165, 1.54) is 0 Å². The van der Waals surface area contributed by atoms with E-state index in [4.69, 9.17) is 10.8 Å². The number of carbonyl (C=O) groups is 1. The first-order valence-corrected chi connectivity index (χ1v) is 4.55. The van der Waals surface area contributed by atoms with Crippen molar-refractivity contribution in [2.24, 2.45) is 12.8 Å². The highest BCUT2D eigenvalue weighted by molar-refractivity contribution is 5.76. The second kappa shape index (κ2) is 2.81. The van der Waals surface area contributed by atoms with Crippen molar-refractivity contribution in [1.29, 1.82) is 0 Å². The van der Waals surface area contributed by atoms with Crippen molar-refractivity contribution in [2.45, 2.75) is 24.3 Å². The molecule has 2 rings (SSSR count). The van der Waals surface area contributed by atoms with Crippen molar-refractivity contribution in [1.82, 2.24) is 9.78 Å². The molecule has 1 aromatic heterocycles. The quantitative estimate of drug-likeness (QED) is 0.703. The summed E-state index contributed by atoms with van der Waals surface area (Å²) in [6.45, 7) is 0. The predicted octanol–water partition coefficient (Wildman–Crippen LogP) is -0.136. The fourth-order valence-corrected chi connectivity index (χ4v) is 1.78. The van der Waals surface area contributed by atoms with Crippen molar-refractivity contribution < 1.29 is 9.90 Å². The third-order valence-corrected chi connectivity index (χ3v) is 2.87. The van der Waals surface area contributed by atoms with Gasteiger partial charge in [0.25, 0.3) is 0 Å². The summed E-state index contributed by atoms with van der Waals surface area (Å²) < 4.78 is 1.67. The Morgan fingerprint density at radius 1 is 1.79 bits per heavy atom. The molecule has 0 bridgehead atoms. The van der Waals surface area contributed by atoms with Crippen LogP contribution in [0.1, 0.15) is 18.5 Å². The van der Waals surface area contributed by atoms with Crippen molar-refractivity contribution in [3.05, 3.63) is 18.0 Å². The summed E-state index contributed by atoms with van der Waals surface area (Å²) in [6, 6.07) is 1.01. The number of aromatic nitrogens is 2. The maximum absolute atomic E-state index is 10.8. The molecular formula is C9H13N3O2. The number of carboxylic acids is 1. The number of nitrogens with zero attached hydrogens (tertiary/aromatic N) is 2. The van der Waals surface area contributed by atoms with Gasteiger partial charge in [-0.2, -0.15) is 5.10 Å². The van der Waals surface area contributed by atoms with Gasteiger partial charge in [0.05, 0.1) is 5.69 Å². The average Bonchev–Trinajstić information content (AvgIpc) is 2.83. The number of hydrogen-bond acceptors (Lipinski definition) is 3. The average molecular weight is 195 g/mol. The van der Waals surface area contributed by atoms with E-state index in [1.54, 1.807) is 4.68 Å². The molecule has 1 unspecified atom stereocenters. The lowest BCUT2D eigenvalue weighted by atomic mass is 9.93. The van der Waals surface area contributed by atoms with Gasteiger partial charge < -0.3 is 10.8 Å². The Labute approximate surface area is 81.5 Å². The molecule has 1 atom stereocenters. The third-order valence-electron chi connectivity index (χ3n) is 2.87. The van der Waals surface area contributed by atoms with E-state index in [1.807, 2.05) is 19.3 Å². The Morgan fingerprint density at radius 3 is 2.79 bits per heavy atom. The number of aryl methyl sites for hydroxylation is 1. The molecule has 3 N–H and O–H groups in total. The van der Waals surface area contributed by atoms with Gasteiger partial charge in [0, 0.05) is 18.7 Å². The van der Waals surface area contributed by atoms with Crippen LogP contribution in [0.3, 0.4) is 0 Å². The lowest BCUT2D eigenvalue weighted by molar-refractivity contribution is -0.139. The van der Waals surface area contributed by atoms with Crippen LogP contribution < -0.4 is 5.73 Å². The van der Waals surface area contributed by atoms with Crippen LogP contribution in [0, 0.1) is 0 Å². The smallest absolute Gasteiger partial charge is 0.321 e. The Kier molecular flexibility index (Phi) is 1.85. The summed E-state index contributed by atoms with van der Waals surface area (Å²) in [5, 5.41) is 13.1. The lowest BCUT2D eigenvalue weighted by Crippen LogP contribution is -2.42. The minimum atomic E-state index is -0.951. The molecule has 0 radical (unpaired) electrons. The molecular weight excluding hydrogens is 182 g/mol. The molecule has 14 heavy (non-hydrogen) atoms. The highest BCUT2D eigenvalue weighted by Gasteiger charge is 2.54. The van der Waals surface area contributed by atoms with Crippen molar-refractivity contribution in [3.63, 3.8) is 0 Å². The third kappa shape index (κ3) is 1.21. The van der Waals surface area contributed by atoms with Gasteiger partial charge in [0.15, 0.2) is 0 Å². The van der Waals surface area contributed by atoms with Gasteiger partial charge in [0.1, 0.15) is 6.04 Å². The summed E-state index contributed by atoms with van der Waals surface area (Å²) >= 11 is 0. The predicted molar refractivity (Wildman–Crippen MR) is 49.7 cm³/mol. The first-order valence-electron chi connectivity index (χ1n) is 4.55. The summed E-state index contributed by atoms with van der Waals surface area (Å²) in [5.41, 5.74) is 6.04. The van der Waals surface area contributed by atoms with E-state index in [0.717, 1.165) is 18.5 Å². The maximum atomic E-state index is 10.8. The van der Waals surface area contributed by atoms with Crippen molar-refractivity contribution in [2.75, 3.05) is 0 Å². The Balaban J connectivity index is 2.29. The zero-order valence-electron chi connectivity index (χ0n) is 7.97. The van der Waals surface area contributed by atoms with Crippen LogP contribution in [0.4, 0.5) is 0 Å². The minimum absolute atomic E-state index is 0.410. The Morgan fingerprint density at radius 2 is 2.43 bits per heavy atom. The van der Waals surface area contributed by atoms with E-state index in [9.17, 15) is 4.79 Å². The van der Waals surface area contributed by atoms with Crippen LogP contribution in [0.5, 0.6) is 0 Å². The van der Waals surface area contributed by atoms with Gasteiger partial charge in [-0.3, -0.25) is 9.48 Å². The minimum Gasteiger partial charge on any atom is -0.480 e. The van der Waals surface area contributed by atoms with Gasteiger partial charge in [-0.1, -0.05) is 0 Å². The number of hydrogen-bond donors (Lipinski definition) is 2. The highest BCUT2D eigenvalue weighted by Crippen LogP contribution is 2.49. The van der Waals surface area contributed by atoms with Gasteiger partial charge >= 0.3 is 5.97 Å². The van der Waals surface area contributed by atoms with Gasteiger partial charge in [-0.15, -0.1) is 0 Å². The first kappa shape index (κ1) is 9.21. The van der Waals surface area contributed by atoms with Gasteiger partial charge in [-0.25, -0.2) is 0 Å². The van der Waals surface area contributed by atoms with Crippen molar-refractivity contribution >= 4 is 5.97 Å². The summed E-state index contributed by atoms with van der Waals surface area (Å²) in [5.74, 6) is -0.951. The zero-order valence-corrected chi connectivity index (χ0v) is 7.97. The first-order chi connectivity index (χ1) is 6.56. The maximum Gasteiger partial charge on any atom is 0.321 e. The van der Waals surface area contributed by atoms with Crippen molar-refractivity contribution in [3.8, 4) is 0 Å². The molecule has 1 aliphatic rings. The SMILES string of the molecule is Cn1ccc(C2(C(N)C(=O)O)CC2)n1. The molecule has 1 saturated carbocycles. The Hall–Kier alpha value is -1.36. The molecule has 0 saturated heterocycles. The van der Waals surface area contributed by atoms with Crippen LogP contribution in [-0.2, 0) is 17.3 Å². The zero-order chi connectivity index (χ0) is 10.3. The molecule has 1 heterocycles. The normalized spacial score (nSPS) is 20.4. The largest absolute Gasteiger partial charge is 0.480 e. The van der Waals surface area contributed by atoms with Crippen LogP contribution in [0.25, 0.3) is 0 Å². The van der Waals surface area contributed by atoms with Crippen LogP contribution >= 0.6 is 0 Å². The molecule has 76 valence electrons. The molecule has 0 amide bonds. The second-order valence-corrected chi connectivity index (χ2v) is 3.85. The van der Waals surface area contributed by atoms with Gasteiger partial charge in [-0.05, 0) is 18.9 Å². The lowest BCUT2D eigenvalue weighted by Gasteiger charge is -2.16. The molecule has 5 heteroatoms. The van der Waals surface area contributed by atoms with E-state index in [-0.39, 0.29) is 0 Å². The summed E-state index contributed by atoms with van der Waals surface area (Å²) in [7, 11) is 1.81. The van der Waals surface area contributed by atoms with Crippen LogP contribution in [-0.4, -0.2) is 26.9 Å². The second-order valence-electron chi connectivity index (χ2n) is 3.85.